The third-order valence-electron chi connectivity index (χ3n) is 3.91. The standard InChI is InChI=1S/C17H23BFP/c1-4-10-20(3)11-9-15-12-17(18-13(15)2)14-5-7-16(19)8-6-14/h5-8,10,12,18,20H,4,9,11H2,1-3H3. The molecule has 1 aromatic carbocycles. The molecule has 0 radical (unpaired) electrons. The molecule has 1 aromatic rings. The van der Waals surface area contributed by atoms with Crippen molar-refractivity contribution in [1.29, 1.82) is 0 Å². The Labute approximate surface area is 123 Å². The quantitative estimate of drug-likeness (QED) is 0.558. The van der Waals surface area contributed by atoms with E-state index in [1.54, 1.807) is 12.1 Å². The van der Waals surface area contributed by atoms with Gasteiger partial charge in [0, 0.05) is 0 Å². The van der Waals surface area contributed by atoms with Gasteiger partial charge in [0.2, 0.25) is 0 Å². The molecule has 0 aromatic heterocycles. The monoisotopic (exact) mass is 288 g/mol. The fourth-order valence-electron chi connectivity index (χ4n) is 2.70. The van der Waals surface area contributed by atoms with Gasteiger partial charge in [-0.25, -0.2) is 4.39 Å². The lowest BCUT2D eigenvalue weighted by atomic mass is 9.64. The molecule has 1 aliphatic rings. The van der Waals surface area contributed by atoms with Crippen molar-refractivity contribution in [2.45, 2.75) is 26.7 Å². The van der Waals surface area contributed by atoms with Crippen LogP contribution in [0.25, 0.3) is 5.47 Å². The first kappa shape index (κ1) is 15.4. The molecule has 20 heavy (non-hydrogen) atoms. The summed E-state index contributed by atoms with van der Waals surface area (Å²) in [6.07, 6.45) is 6.03. The van der Waals surface area contributed by atoms with Crippen LogP contribution in [0.5, 0.6) is 0 Å². The van der Waals surface area contributed by atoms with Gasteiger partial charge in [0.05, 0.1) is 0 Å². The van der Waals surface area contributed by atoms with Crippen LogP contribution in [0.4, 0.5) is 4.39 Å². The molecule has 3 heteroatoms. The van der Waals surface area contributed by atoms with Gasteiger partial charge in [-0.2, -0.15) is 0 Å². The van der Waals surface area contributed by atoms with Crippen molar-refractivity contribution in [3.63, 3.8) is 0 Å². The zero-order chi connectivity index (χ0) is 14.5. The fraction of sp³-hybridized carbons (Fsp3) is 0.353. The highest BCUT2D eigenvalue weighted by Crippen LogP contribution is 2.30. The van der Waals surface area contributed by atoms with Gasteiger partial charge in [0.1, 0.15) is 5.82 Å². The van der Waals surface area contributed by atoms with Gasteiger partial charge in [0.25, 0.3) is 0 Å². The Hall–Kier alpha value is -1.01. The summed E-state index contributed by atoms with van der Waals surface area (Å²) in [4.78, 5) is 0. The fourth-order valence-corrected chi connectivity index (χ4v) is 4.27. The van der Waals surface area contributed by atoms with Crippen molar-refractivity contribution < 1.29 is 4.39 Å². The predicted molar refractivity (Wildman–Crippen MR) is 94.3 cm³/mol. The van der Waals surface area contributed by atoms with Gasteiger partial charge in [-0.15, -0.1) is 7.55 Å². The number of rotatable bonds is 5. The van der Waals surface area contributed by atoms with E-state index in [4.69, 9.17) is 0 Å². The topological polar surface area (TPSA) is 0 Å². The van der Waals surface area contributed by atoms with E-state index in [1.165, 1.54) is 35.5 Å². The molecule has 0 saturated heterocycles. The molecule has 0 aliphatic carbocycles. The summed E-state index contributed by atoms with van der Waals surface area (Å²) >= 11 is 0. The molecule has 1 unspecified atom stereocenters. The maximum absolute atomic E-state index is 13.0. The number of hydrogen-bond acceptors (Lipinski definition) is 0. The van der Waals surface area contributed by atoms with Crippen LogP contribution in [0, 0.1) is 5.82 Å². The van der Waals surface area contributed by atoms with Crippen molar-refractivity contribution in [1.82, 2.24) is 0 Å². The summed E-state index contributed by atoms with van der Waals surface area (Å²) in [5, 5.41) is 0. The second kappa shape index (κ2) is 7.13. The molecule has 1 atom stereocenters. The zero-order valence-corrected chi connectivity index (χ0v) is 13.7. The molecule has 2 rings (SSSR count). The average molecular weight is 288 g/mol. The maximum atomic E-state index is 13.0. The molecule has 0 saturated carbocycles. The highest BCUT2D eigenvalue weighted by atomic mass is 31.1. The van der Waals surface area contributed by atoms with Gasteiger partial charge in [-0.3, -0.25) is 0 Å². The lowest BCUT2D eigenvalue weighted by molar-refractivity contribution is 0.627. The molecule has 0 fully saturated rings. The van der Waals surface area contributed by atoms with E-state index in [9.17, 15) is 4.39 Å². The van der Waals surface area contributed by atoms with Crippen molar-refractivity contribution in [2.24, 2.45) is 0 Å². The molecule has 106 valence electrons. The molecule has 0 nitrogen and oxygen atoms in total. The number of allylic oxidation sites excluding steroid dienone is 3. The van der Waals surface area contributed by atoms with E-state index in [0.717, 1.165) is 12.8 Å². The minimum atomic E-state index is -0.276. The normalized spacial score (nSPS) is 16.3. The minimum absolute atomic E-state index is 0.162. The van der Waals surface area contributed by atoms with Gasteiger partial charge in [-0.1, -0.05) is 54.4 Å². The zero-order valence-electron chi connectivity index (χ0n) is 12.7. The molecule has 0 bridgehead atoms. The molecule has 0 N–H and O–H groups in total. The lowest BCUT2D eigenvalue weighted by Crippen LogP contribution is -1.93. The van der Waals surface area contributed by atoms with Crippen LogP contribution in [0.3, 0.4) is 0 Å². The molecule has 1 aliphatic heterocycles. The molecule has 0 spiro atoms. The highest BCUT2D eigenvalue weighted by Gasteiger charge is 2.15. The van der Waals surface area contributed by atoms with Crippen LogP contribution in [-0.2, 0) is 0 Å². The summed E-state index contributed by atoms with van der Waals surface area (Å²) in [6, 6.07) is 6.87. The second-order valence-electron chi connectivity index (χ2n) is 5.62. The first-order valence-corrected chi connectivity index (χ1v) is 9.69. The summed E-state index contributed by atoms with van der Waals surface area (Å²) in [6.45, 7) is 6.85. The van der Waals surface area contributed by atoms with Crippen LogP contribution in [0.1, 0.15) is 32.3 Å². The summed E-state index contributed by atoms with van der Waals surface area (Å²) in [7, 11) is 0.742. The smallest absolute Gasteiger partial charge is 0.187 e. The van der Waals surface area contributed by atoms with E-state index in [-0.39, 0.29) is 13.4 Å². The number of benzene rings is 1. The largest absolute Gasteiger partial charge is 0.207 e. The molecular formula is C17H23BFP. The molecule has 0 amide bonds. The maximum Gasteiger partial charge on any atom is 0.187 e. The van der Waals surface area contributed by atoms with Gasteiger partial charge in [0.15, 0.2) is 7.28 Å². The Morgan fingerprint density at radius 2 is 1.95 bits per heavy atom. The Kier molecular flexibility index (Phi) is 5.49. The van der Waals surface area contributed by atoms with Gasteiger partial charge in [-0.05, 0) is 43.4 Å². The van der Waals surface area contributed by atoms with Gasteiger partial charge < -0.3 is 0 Å². The van der Waals surface area contributed by atoms with Crippen LogP contribution >= 0.6 is 7.55 Å². The van der Waals surface area contributed by atoms with Crippen molar-refractivity contribution in [2.75, 3.05) is 12.8 Å². The average Bonchev–Trinajstić information content (AvgIpc) is 2.79. The Balaban J connectivity index is 2.05. The Morgan fingerprint density at radius 1 is 1.25 bits per heavy atom. The molecular weight excluding hydrogens is 265 g/mol. The van der Waals surface area contributed by atoms with Crippen molar-refractivity contribution >= 4 is 26.1 Å². The predicted octanol–water partition coefficient (Wildman–Crippen LogP) is 4.34. The third-order valence-corrected chi connectivity index (χ3v) is 6.05. The van der Waals surface area contributed by atoms with E-state index < -0.39 is 0 Å². The minimum Gasteiger partial charge on any atom is -0.207 e. The summed E-state index contributed by atoms with van der Waals surface area (Å²) < 4.78 is 13.0. The Bertz CT molecular complexity index is 567. The highest BCUT2D eigenvalue weighted by molar-refractivity contribution is 7.56. The SMILES string of the molecule is CC/C=[PH](/C)CCC1=C(C)BC(c2ccc(F)cc2)=C1. The molecule has 1 heterocycles. The summed E-state index contributed by atoms with van der Waals surface area (Å²) in [5.41, 5.74) is 5.47. The van der Waals surface area contributed by atoms with Gasteiger partial charge >= 0.3 is 0 Å². The number of hydrogen-bond donors (Lipinski definition) is 0. The van der Waals surface area contributed by atoms with Crippen LogP contribution < -0.4 is 0 Å². The van der Waals surface area contributed by atoms with E-state index in [2.05, 4.69) is 32.4 Å². The van der Waals surface area contributed by atoms with Crippen LogP contribution in [0.15, 0.2) is 41.4 Å². The first-order valence-electron chi connectivity index (χ1n) is 7.41. The third kappa shape index (κ3) is 3.99. The van der Waals surface area contributed by atoms with Crippen molar-refractivity contribution in [3.05, 3.63) is 52.8 Å². The van der Waals surface area contributed by atoms with Crippen LogP contribution in [-0.4, -0.2) is 25.9 Å². The van der Waals surface area contributed by atoms with E-state index in [0.29, 0.717) is 0 Å². The first-order chi connectivity index (χ1) is 9.60. The van der Waals surface area contributed by atoms with E-state index >= 15 is 0 Å². The van der Waals surface area contributed by atoms with Crippen molar-refractivity contribution in [3.8, 4) is 0 Å². The lowest BCUT2D eigenvalue weighted by Gasteiger charge is -2.04. The Morgan fingerprint density at radius 3 is 2.60 bits per heavy atom. The summed E-state index contributed by atoms with van der Waals surface area (Å²) in [5.74, 6) is 2.32. The van der Waals surface area contributed by atoms with E-state index in [1.807, 2.05) is 12.1 Å². The number of halogens is 1. The second-order valence-corrected chi connectivity index (χ2v) is 8.22. The van der Waals surface area contributed by atoms with Crippen LogP contribution in [0.2, 0.25) is 0 Å².